The first-order chi connectivity index (χ1) is 13.0. The van der Waals surface area contributed by atoms with E-state index in [0.717, 1.165) is 12.0 Å². The smallest absolute Gasteiger partial charge is 0.326 e. The number of carboxylic acids is 1. The van der Waals surface area contributed by atoms with E-state index in [1.165, 1.54) is 0 Å². The summed E-state index contributed by atoms with van der Waals surface area (Å²) in [4.78, 5) is 24.1. The molecule has 2 rings (SSSR count). The molecule has 144 valence electrons. The second-order valence-corrected chi connectivity index (χ2v) is 6.00. The van der Waals surface area contributed by atoms with Crippen molar-refractivity contribution in [2.24, 2.45) is 0 Å². The third kappa shape index (κ3) is 6.02. The van der Waals surface area contributed by atoms with Gasteiger partial charge in [-0.15, -0.1) is 0 Å². The Labute approximate surface area is 159 Å². The van der Waals surface area contributed by atoms with Gasteiger partial charge in [0.2, 0.25) is 0 Å². The summed E-state index contributed by atoms with van der Waals surface area (Å²) in [6.07, 6.45) is 1.06. The molecular formula is C21H25NO5. The van der Waals surface area contributed by atoms with Gasteiger partial charge in [0.1, 0.15) is 6.04 Å². The van der Waals surface area contributed by atoms with Crippen LogP contribution in [0.2, 0.25) is 0 Å². The van der Waals surface area contributed by atoms with Crippen LogP contribution in [0.15, 0.2) is 48.5 Å². The van der Waals surface area contributed by atoms with Crippen molar-refractivity contribution in [2.45, 2.75) is 32.7 Å². The number of rotatable bonds is 10. The van der Waals surface area contributed by atoms with E-state index in [1.807, 2.05) is 44.2 Å². The number of aliphatic carboxylic acids is 1. The zero-order chi connectivity index (χ0) is 19.6. The zero-order valence-corrected chi connectivity index (χ0v) is 15.6. The van der Waals surface area contributed by atoms with E-state index in [4.69, 9.17) is 9.47 Å². The Hall–Kier alpha value is -3.02. The summed E-state index contributed by atoms with van der Waals surface area (Å²) in [5.41, 5.74) is 1.16. The van der Waals surface area contributed by atoms with Crippen molar-refractivity contribution < 1.29 is 24.2 Å². The molecule has 1 amide bonds. The highest BCUT2D eigenvalue weighted by Crippen LogP contribution is 2.28. The van der Waals surface area contributed by atoms with Crippen molar-refractivity contribution in [2.75, 3.05) is 13.2 Å². The van der Waals surface area contributed by atoms with Crippen molar-refractivity contribution in [1.29, 1.82) is 0 Å². The molecule has 2 aromatic rings. The van der Waals surface area contributed by atoms with Crippen molar-refractivity contribution in [3.05, 3.63) is 59.7 Å². The molecule has 0 bridgehead atoms. The van der Waals surface area contributed by atoms with Crippen LogP contribution in [0.1, 0.15) is 36.2 Å². The van der Waals surface area contributed by atoms with Gasteiger partial charge in [0.15, 0.2) is 11.5 Å². The lowest BCUT2D eigenvalue weighted by molar-refractivity contribution is -0.139. The predicted octanol–water partition coefficient (Wildman–Crippen LogP) is 3.30. The Kier molecular flexibility index (Phi) is 7.67. The minimum absolute atomic E-state index is 0.206. The summed E-state index contributed by atoms with van der Waals surface area (Å²) < 4.78 is 11.2. The Morgan fingerprint density at radius 2 is 1.78 bits per heavy atom. The van der Waals surface area contributed by atoms with Crippen LogP contribution in [0, 0.1) is 0 Å². The fourth-order valence-electron chi connectivity index (χ4n) is 2.54. The Morgan fingerprint density at radius 3 is 2.41 bits per heavy atom. The van der Waals surface area contributed by atoms with Crippen molar-refractivity contribution >= 4 is 11.9 Å². The third-order valence-corrected chi connectivity index (χ3v) is 3.85. The number of hydrogen-bond acceptors (Lipinski definition) is 4. The van der Waals surface area contributed by atoms with E-state index in [1.54, 1.807) is 18.2 Å². The predicted molar refractivity (Wildman–Crippen MR) is 102 cm³/mol. The lowest BCUT2D eigenvalue weighted by Gasteiger charge is -2.16. The SMILES string of the molecule is CCCOc1ccc(C(=O)N[C@H](Cc2ccccc2)C(=O)O)cc1OCC. The van der Waals surface area contributed by atoms with Crippen LogP contribution < -0.4 is 14.8 Å². The maximum absolute atomic E-state index is 12.6. The molecule has 27 heavy (non-hydrogen) atoms. The van der Waals surface area contributed by atoms with Gasteiger partial charge in [-0.05, 0) is 37.1 Å². The average Bonchev–Trinajstić information content (AvgIpc) is 2.67. The lowest BCUT2D eigenvalue weighted by atomic mass is 10.1. The average molecular weight is 371 g/mol. The number of carbonyl (C=O) groups excluding carboxylic acids is 1. The minimum atomic E-state index is -1.08. The van der Waals surface area contributed by atoms with Crippen LogP contribution in [-0.4, -0.2) is 36.2 Å². The molecule has 0 saturated heterocycles. The van der Waals surface area contributed by atoms with E-state index in [9.17, 15) is 14.7 Å². The van der Waals surface area contributed by atoms with E-state index < -0.39 is 17.9 Å². The summed E-state index contributed by atoms with van der Waals surface area (Å²) in [7, 11) is 0. The molecule has 0 radical (unpaired) electrons. The van der Waals surface area contributed by atoms with Crippen LogP contribution in [-0.2, 0) is 11.2 Å². The molecule has 0 aliphatic carbocycles. The van der Waals surface area contributed by atoms with Crippen molar-refractivity contribution in [3.8, 4) is 11.5 Å². The van der Waals surface area contributed by atoms with Crippen LogP contribution in [0.4, 0.5) is 0 Å². The maximum Gasteiger partial charge on any atom is 0.326 e. The Bertz CT molecular complexity index is 760. The largest absolute Gasteiger partial charge is 0.490 e. The summed E-state index contributed by atoms with van der Waals surface area (Å²) in [5, 5.41) is 12.0. The summed E-state index contributed by atoms with van der Waals surface area (Å²) in [6, 6.07) is 13.0. The van der Waals surface area contributed by atoms with Gasteiger partial charge in [0, 0.05) is 12.0 Å². The number of carboxylic acid groups (broad SMARTS) is 1. The zero-order valence-electron chi connectivity index (χ0n) is 15.6. The van der Waals surface area contributed by atoms with Gasteiger partial charge in [-0.2, -0.15) is 0 Å². The normalized spacial score (nSPS) is 11.5. The topological polar surface area (TPSA) is 84.9 Å². The molecular weight excluding hydrogens is 346 g/mol. The number of carbonyl (C=O) groups is 2. The van der Waals surface area contributed by atoms with Crippen LogP contribution in [0.5, 0.6) is 11.5 Å². The second kappa shape index (κ2) is 10.2. The van der Waals surface area contributed by atoms with Crippen molar-refractivity contribution in [3.63, 3.8) is 0 Å². The van der Waals surface area contributed by atoms with E-state index in [-0.39, 0.29) is 6.42 Å². The molecule has 0 unspecified atom stereocenters. The van der Waals surface area contributed by atoms with Gasteiger partial charge in [-0.25, -0.2) is 4.79 Å². The first-order valence-corrected chi connectivity index (χ1v) is 9.02. The molecule has 0 saturated carbocycles. The number of hydrogen-bond donors (Lipinski definition) is 2. The summed E-state index contributed by atoms with van der Waals surface area (Å²) >= 11 is 0. The molecule has 0 aromatic heterocycles. The highest BCUT2D eigenvalue weighted by molar-refractivity contribution is 5.97. The molecule has 1 atom stereocenters. The highest BCUT2D eigenvalue weighted by atomic mass is 16.5. The van der Waals surface area contributed by atoms with E-state index >= 15 is 0 Å². The van der Waals surface area contributed by atoms with Gasteiger partial charge < -0.3 is 19.9 Å². The van der Waals surface area contributed by atoms with E-state index in [2.05, 4.69) is 5.32 Å². The van der Waals surface area contributed by atoms with Gasteiger partial charge in [0.05, 0.1) is 13.2 Å². The van der Waals surface area contributed by atoms with Gasteiger partial charge in [0.25, 0.3) is 5.91 Å². The Balaban J connectivity index is 2.14. The van der Waals surface area contributed by atoms with Gasteiger partial charge in [-0.3, -0.25) is 4.79 Å². The maximum atomic E-state index is 12.6. The van der Waals surface area contributed by atoms with Gasteiger partial charge >= 0.3 is 5.97 Å². The summed E-state index contributed by atoms with van der Waals surface area (Å²) in [6.45, 7) is 4.82. The van der Waals surface area contributed by atoms with Crippen molar-refractivity contribution in [1.82, 2.24) is 5.32 Å². The van der Waals surface area contributed by atoms with Crippen LogP contribution in [0.25, 0.3) is 0 Å². The first kappa shape index (κ1) is 20.3. The fourth-order valence-corrected chi connectivity index (χ4v) is 2.54. The number of benzene rings is 2. The Morgan fingerprint density at radius 1 is 1.04 bits per heavy atom. The van der Waals surface area contributed by atoms with Gasteiger partial charge in [-0.1, -0.05) is 37.3 Å². The molecule has 0 heterocycles. The molecule has 2 aromatic carbocycles. The van der Waals surface area contributed by atoms with E-state index in [0.29, 0.717) is 30.3 Å². The van der Waals surface area contributed by atoms with Crippen LogP contribution in [0.3, 0.4) is 0 Å². The number of ether oxygens (including phenoxy) is 2. The standard InChI is InChI=1S/C21H25NO5/c1-3-12-27-18-11-10-16(14-19(18)26-4-2)20(23)22-17(21(24)25)13-15-8-6-5-7-9-15/h5-11,14,17H,3-4,12-13H2,1-2H3,(H,22,23)(H,24,25)/t17-/m1/s1. The van der Waals surface area contributed by atoms with Crippen LogP contribution >= 0.6 is 0 Å². The molecule has 6 heteroatoms. The quantitative estimate of drug-likeness (QED) is 0.669. The monoisotopic (exact) mass is 371 g/mol. The molecule has 0 aliphatic rings. The first-order valence-electron chi connectivity index (χ1n) is 9.02. The molecule has 0 aliphatic heterocycles. The summed E-state index contributed by atoms with van der Waals surface area (Å²) in [5.74, 6) is -0.524. The molecule has 6 nitrogen and oxygen atoms in total. The fraction of sp³-hybridized carbons (Fsp3) is 0.333. The minimum Gasteiger partial charge on any atom is -0.490 e. The molecule has 0 spiro atoms. The second-order valence-electron chi connectivity index (χ2n) is 6.00. The number of amides is 1. The number of nitrogens with one attached hydrogen (secondary N) is 1. The molecule has 2 N–H and O–H groups in total. The third-order valence-electron chi connectivity index (χ3n) is 3.85. The molecule has 0 fully saturated rings. The highest BCUT2D eigenvalue weighted by Gasteiger charge is 2.22. The lowest BCUT2D eigenvalue weighted by Crippen LogP contribution is -2.42.